The minimum Gasteiger partial charge on any atom is -0.494 e. The van der Waals surface area contributed by atoms with Crippen LogP contribution in [0.15, 0.2) is 71.6 Å². The average Bonchev–Trinajstić information content (AvgIpc) is 2.76. The summed E-state index contributed by atoms with van der Waals surface area (Å²) < 4.78 is 38.5. The third kappa shape index (κ3) is 6.38. The third-order valence-electron chi connectivity index (χ3n) is 4.38. The maximum absolute atomic E-state index is 12.6. The predicted octanol–water partition coefficient (Wildman–Crippen LogP) is 4.87. The molecule has 0 heterocycles. The van der Waals surface area contributed by atoms with Crippen LogP contribution in [-0.4, -0.2) is 27.5 Å². The number of carbonyl (C=O) groups is 1. The third-order valence-corrected chi connectivity index (χ3v) is 6.02. The first-order valence-corrected chi connectivity index (χ1v) is 11.7. The Hall–Kier alpha value is -3.23. The molecule has 0 aliphatic rings. The highest BCUT2D eigenvalue weighted by Gasteiger charge is 2.15. The topological polar surface area (TPSA) is 93.7 Å². The standard InChI is InChI=1S/C23H23ClN2O5S/c1-3-30-19-7-5-18(6-8-19)26-32(28,29)21-11-9-20(10-12-21)31-15-23(27)25-22-13-4-17(24)14-16(22)2/h4-14,26H,3,15H2,1-2H3,(H,25,27). The van der Waals surface area contributed by atoms with Gasteiger partial charge < -0.3 is 14.8 Å². The van der Waals surface area contributed by atoms with Gasteiger partial charge in [-0.3, -0.25) is 9.52 Å². The molecule has 3 aromatic rings. The maximum atomic E-state index is 12.6. The van der Waals surface area contributed by atoms with Crippen LogP contribution in [0.4, 0.5) is 11.4 Å². The first kappa shape index (κ1) is 23.4. The molecule has 0 radical (unpaired) electrons. The number of anilines is 2. The monoisotopic (exact) mass is 474 g/mol. The van der Waals surface area contributed by atoms with Gasteiger partial charge in [-0.15, -0.1) is 0 Å². The van der Waals surface area contributed by atoms with Crippen molar-refractivity contribution < 1.29 is 22.7 Å². The molecule has 0 fully saturated rings. The van der Waals surface area contributed by atoms with E-state index in [0.717, 1.165) is 5.56 Å². The Morgan fingerprint density at radius 3 is 2.19 bits per heavy atom. The summed E-state index contributed by atoms with van der Waals surface area (Å²) in [6, 6.07) is 17.6. The number of aryl methyl sites for hydroxylation is 1. The van der Waals surface area contributed by atoms with Crippen molar-refractivity contribution in [2.24, 2.45) is 0 Å². The lowest BCUT2D eigenvalue weighted by Gasteiger charge is -2.11. The molecule has 3 rings (SSSR count). The maximum Gasteiger partial charge on any atom is 0.262 e. The summed E-state index contributed by atoms with van der Waals surface area (Å²) in [6.45, 7) is 4.01. The summed E-state index contributed by atoms with van der Waals surface area (Å²) in [4.78, 5) is 12.2. The molecule has 0 aliphatic carbocycles. The van der Waals surface area contributed by atoms with Crippen LogP contribution in [0.2, 0.25) is 5.02 Å². The van der Waals surface area contributed by atoms with E-state index in [1.165, 1.54) is 24.3 Å². The van der Waals surface area contributed by atoms with Crippen molar-refractivity contribution in [1.82, 2.24) is 0 Å². The lowest BCUT2D eigenvalue weighted by Crippen LogP contribution is -2.20. The van der Waals surface area contributed by atoms with Gasteiger partial charge in [-0.25, -0.2) is 8.42 Å². The van der Waals surface area contributed by atoms with Crippen LogP contribution in [-0.2, 0) is 14.8 Å². The Bertz CT molecular complexity index is 1180. The summed E-state index contributed by atoms with van der Waals surface area (Å²) in [5, 5.41) is 3.33. The van der Waals surface area contributed by atoms with Gasteiger partial charge in [0.1, 0.15) is 11.5 Å². The number of hydrogen-bond acceptors (Lipinski definition) is 5. The van der Waals surface area contributed by atoms with Gasteiger partial charge in [0.25, 0.3) is 15.9 Å². The second-order valence-electron chi connectivity index (χ2n) is 6.83. The molecule has 1 amide bonds. The molecule has 32 heavy (non-hydrogen) atoms. The van der Waals surface area contributed by atoms with E-state index in [1.54, 1.807) is 42.5 Å². The van der Waals surface area contributed by atoms with Crippen LogP contribution in [0, 0.1) is 6.92 Å². The molecule has 0 bridgehead atoms. The van der Waals surface area contributed by atoms with Crippen molar-refractivity contribution in [2.75, 3.05) is 23.3 Å². The van der Waals surface area contributed by atoms with Crippen LogP contribution in [0.5, 0.6) is 11.5 Å². The molecule has 0 atom stereocenters. The zero-order chi connectivity index (χ0) is 23.1. The fourth-order valence-electron chi connectivity index (χ4n) is 2.82. The number of amides is 1. The second kappa shape index (κ2) is 10.4. The highest BCUT2D eigenvalue weighted by molar-refractivity contribution is 7.92. The SMILES string of the molecule is CCOc1ccc(NS(=O)(=O)c2ccc(OCC(=O)Nc3ccc(Cl)cc3C)cc2)cc1. The molecule has 9 heteroatoms. The molecular weight excluding hydrogens is 452 g/mol. The van der Waals surface area contributed by atoms with E-state index in [1.807, 2.05) is 13.8 Å². The van der Waals surface area contributed by atoms with Gasteiger partial charge in [-0.2, -0.15) is 0 Å². The van der Waals surface area contributed by atoms with E-state index in [-0.39, 0.29) is 17.4 Å². The number of nitrogens with one attached hydrogen (secondary N) is 2. The summed E-state index contributed by atoms with van der Waals surface area (Å²) in [5.74, 6) is 0.685. The van der Waals surface area contributed by atoms with Crippen LogP contribution in [0.1, 0.15) is 12.5 Å². The zero-order valence-corrected chi connectivity index (χ0v) is 19.2. The normalized spacial score (nSPS) is 11.0. The number of rotatable bonds is 9. The smallest absolute Gasteiger partial charge is 0.262 e. The summed E-state index contributed by atoms with van der Waals surface area (Å²) >= 11 is 5.91. The van der Waals surface area contributed by atoms with Gasteiger partial charge in [0.2, 0.25) is 0 Å². The highest BCUT2D eigenvalue weighted by atomic mass is 35.5. The molecule has 0 aromatic heterocycles. The van der Waals surface area contributed by atoms with Crippen LogP contribution in [0.25, 0.3) is 0 Å². The highest BCUT2D eigenvalue weighted by Crippen LogP contribution is 2.22. The lowest BCUT2D eigenvalue weighted by atomic mass is 10.2. The molecular formula is C23H23ClN2O5S. The van der Waals surface area contributed by atoms with E-state index < -0.39 is 10.0 Å². The molecule has 0 aliphatic heterocycles. The Labute approximate surface area is 192 Å². The van der Waals surface area contributed by atoms with Crippen molar-refractivity contribution in [3.8, 4) is 11.5 Å². The minimum absolute atomic E-state index is 0.0694. The van der Waals surface area contributed by atoms with Gasteiger partial charge in [0, 0.05) is 16.4 Å². The van der Waals surface area contributed by atoms with Crippen molar-refractivity contribution >= 4 is 38.9 Å². The average molecular weight is 475 g/mol. The van der Waals surface area contributed by atoms with Gasteiger partial charge >= 0.3 is 0 Å². The van der Waals surface area contributed by atoms with Gasteiger partial charge in [-0.05, 0) is 86.1 Å². The number of halogens is 1. The number of ether oxygens (including phenoxy) is 2. The first-order valence-electron chi connectivity index (χ1n) is 9.81. The summed E-state index contributed by atoms with van der Waals surface area (Å²) in [5.41, 5.74) is 1.90. The van der Waals surface area contributed by atoms with Crippen molar-refractivity contribution in [3.05, 3.63) is 77.3 Å². The van der Waals surface area contributed by atoms with Crippen molar-refractivity contribution in [2.45, 2.75) is 18.7 Å². The van der Waals surface area contributed by atoms with Gasteiger partial charge in [0.05, 0.1) is 11.5 Å². The van der Waals surface area contributed by atoms with Crippen molar-refractivity contribution in [3.63, 3.8) is 0 Å². The molecule has 0 unspecified atom stereocenters. The molecule has 7 nitrogen and oxygen atoms in total. The first-order chi connectivity index (χ1) is 15.3. The van der Waals surface area contributed by atoms with E-state index in [0.29, 0.717) is 34.5 Å². The van der Waals surface area contributed by atoms with Gasteiger partial charge in [-0.1, -0.05) is 11.6 Å². The number of carbonyl (C=O) groups excluding carboxylic acids is 1. The molecule has 0 spiro atoms. The lowest BCUT2D eigenvalue weighted by molar-refractivity contribution is -0.118. The molecule has 2 N–H and O–H groups in total. The molecule has 0 saturated carbocycles. The Balaban J connectivity index is 1.57. The van der Waals surface area contributed by atoms with E-state index in [2.05, 4.69) is 10.0 Å². The minimum atomic E-state index is -3.77. The van der Waals surface area contributed by atoms with Crippen molar-refractivity contribution in [1.29, 1.82) is 0 Å². The predicted molar refractivity (Wildman–Crippen MR) is 125 cm³/mol. The molecule has 168 valence electrons. The second-order valence-corrected chi connectivity index (χ2v) is 8.95. The number of hydrogen-bond donors (Lipinski definition) is 2. The van der Waals surface area contributed by atoms with E-state index >= 15 is 0 Å². The Kier molecular flexibility index (Phi) is 7.61. The van der Waals surface area contributed by atoms with Crippen LogP contribution < -0.4 is 19.5 Å². The molecule has 3 aromatic carbocycles. The Morgan fingerprint density at radius 2 is 1.56 bits per heavy atom. The zero-order valence-electron chi connectivity index (χ0n) is 17.6. The number of sulfonamides is 1. The summed E-state index contributed by atoms with van der Waals surface area (Å²) in [7, 11) is -3.77. The van der Waals surface area contributed by atoms with Crippen LogP contribution >= 0.6 is 11.6 Å². The quantitative estimate of drug-likeness (QED) is 0.461. The largest absolute Gasteiger partial charge is 0.494 e. The fourth-order valence-corrected chi connectivity index (χ4v) is 4.10. The fraction of sp³-hybridized carbons (Fsp3) is 0.174. The van der Waals surface area contributed by atoms with E-state index in [4.69, 9.17) is 21.1 Å². The molecule has 0 saturated heterocycles. The Morgan fingerprint density at radius 1 is 0.938 bits per heavy atom. The number of benzene rings is 3. The van der Waals surface area contributed by atoms with Crippen LogP contribution in [0.3, 0.4) is 0 Å². The summed E-state index contributed by atoms with van der Waals surface area (Å²) in [6.07, 6.45) is 0. The van der Waals surface area contributed by atoms with E-state index in [9.17, 15) is 13.2 Å². The van der Waals surface area contributed by atoms with Gasteiger partial charge in [0.15, 0.2) is 6.61 Å².